The number of nitro benzene ring substituents is 1. The fourth-order valence-corrected chi connectivity index (χ4v) is 3.05. The van der Waals surface area contributed by atoms with Crippen molar-refractivity contribution in [2.75, 3.05) is 0 Å². The summed E-state index contributed by atoms with van der Waals surface area (Å²) in [5, 5.41) is 22.6. The van der Waals surface area contributed by atoms with E-state index in [0.29, 0.717) is 11.3 Å². The minimum Gasteiger partial charge on any atom is -0.358 e. The van der Waals surface area contributed by atoms with Crippen LogP contribution in [-0.2, 0) is 0 Å². The summed E-state index contributed by atoms with van der Waals surface area (Å²) in [7, 11) is 0. The highest BCUT2D eigenvalue weighted by molar-refractivity contribution is 6.01. The summed E-state index contributed by atoms with van der Waals surface area (Å²) >= 11 is 0. The van der Waals surface area contributed by atoms with Gasteiger partial charge in [0.2, 0.25) is 0 Å². The average molecular weight is 388 g/mol. The van der Waals surface area contributed by atoms with Crippen molar-refractivity contribution in [1.82, 2.24) is 20.6 Å². The monoisotopic (exact) mass is 388 g/mol. The summed E-state index contributed by atoms with van der Waals surface area (Å²) in [6.07, 6.45) is 1.59. The Morgan fingerprint density at radius 3 is 2.86 bits per heavy atom. The van der Waals surface area contributed by atoms with E-state index in [9.17, 15) is 14.9 Å². The van der Waals surface area contributed by atoms with E-state index in [0.717, 1.165) is 22.2 Å². The van der Waals surface area contributed by atoms with Crippen molar-refractivity contribution in [3.8, 4) is 11.3 Å². The van der Waals surface area contributed by atoms with Gasteiger partial charge in [-0.3, -0.25) is 20.0 Å². The number of hydrazone groups is 1. The Hall–Kier alpha value is -4.27. The van der Waals surface area contributed by atoms with Crippen LogP contribution in [0, 0.1) is 17.0 Å². The number of aromatic nitrogens is 3. The van der Waals surface area contributed by atoms with Gasteiger partial charge in [0.1, 0.15) is 5.69 Å². The molecular weight excluding hydrogens is 372 g/mol. The second-order valence-electron chi connectivity index (χ2n) is 6.38. The molecule has 0 fully saturated rings. The van der Waals surface area contributed by atoms with Gasteiger partial charge in [0.15, 0.2) is 0 Å². The molecule has 0 aliphatic heterocycles. The number of nitrogens with zero attached hydrogens (tertiary/aromatic N) is 3. The molecule has 4 rings (SSSR count). The number of aryl methyl sites for hydroxylation is 1. The van der Waals surface area contributed by atoms with Crippen LogP contribution in [0.1, 0.15) is 21.7 Å². The molecule has 0 unspecified atom stereocenters. The normalized spacial score (nSPS) is 11.2. The number of carbonyl (C=O) groups excluding carboxylic acids is 1. The fraction of sp³-hybridized carbons (Fsp3) is 0.0500. The van der Waals surface area contributed by atoms with E-state index in [1.54, 1.807) is 18.3 Å². The number of nitro groups is 1. The molecule has 4 aromatic rings. The van der Waals surface area contributed by atoms with Crippen molar-refractivity contribution in [1.29, 1.82) is 0 Å². The molecule has 0 atom stereocenters. The number of aromatic amines is 2. The second-order valence-corrected chi connectivity index (χ2v) is 6.38. The lowest BCUT2D eigenvalue weighted by Gasteiger charge is -1.97. The van der Waals surface area contributed by atoms with Crippen molar-refractivity contribution < 1.29 is 9.72 Å². The van der Waals surface area contributed by atoms with Crippen LogP contribution in [-0.4, -0.2) is 32.2 Å². The molecule has 0 spiro atoms. The molecule has 2 aromatic heterocycles. The molecular formula is C20H16N6O3. The van der Waals surface area contributed by atoms with Crippen LogP contribution in [0.3, 0.4) is 0 Å². The van der Waals surface area contributed by atoms with E-state index >= 15 is 0 Å². The third-order valence-electron chi connectivity index (χ3n) is 4.48. The molecule has 0 aliphatic carbocycles. The molecule has 9 nitrogen and oxygen atoms in total. The van der Waals surface area contributed by atoms with Gasteiger partial charge >= 0.3 is 0 Å². The molecule has 144 valence electrons. The number of amides is 1. The molecule has 3 N–H and O–H groups in total. The molecule has 2 aromatic carbocycles. The van der Waals surface area contributed by atoms with E-state index in [2.05, 4.69) is 25.7 Å². The first-order valence-corrected chi connectivity index (χ1v) is 8.74. The van der Waals surface area contributed by atoms with Gasteiger partial charge in [-0.1, -0.05) is 30.3 Å². The van der Waals surface area contributed by atoms with Gasteiger partial charge in [-0.15, -0.1) is 0 Å². The minimum atomic E-state index is -0.481. The van der Waals surface area contributed by atoms with Crippen molar-refractivity contribution in [3.05, 3.63) is 81.7 Å². The number of benzene rings is 2. The lowest BCUT2D eigenvalue weighted by molar-refractivity contribution is -0.384. The number of non-ortho nitro benzene ring substituents is 1. The number of nitrogens with one attached hydrogen (secondary N) is 3. The summed E-state index contributed by atoms with van der Waals surface area (Å²) in [6.45, 7) is 1.93. The maximum absolute atomic E-state index is 12.3. The van der Waals surface area contributed by atoms with Gasteiger partial charge in [0.25, 0.3) is 11.6 Å². The van der Waals surface area contributed by atoms with Crippen LogP contribution >= 0.6 is 0 Å². The quantitative estimate of drug-likeness (QED) is 0.274. The Kier molecular flexibility index (Phi) is 4.62. The van der Waals surface area contributed by atoms with Crippen molar-refractivity contribution in [2.45, 2.75) is 6.92 Å². The highest BCUT2D eigenvalue weighted by Gasteiger charge is 2.13. The van der Waals surface area contributed by atoms with Gasteiger partial charge in [0.05, 0.1) is 16.8 Å². The van der Waals surface area contributed by atoms with Crippen molar-refractivity contribution in [3.63, 3.8) is 0 Å². The molecule has 0 bridgehead atoms. The van der Waals surface area contributed by atoms with Crippen LogP contribution in [0.5, 0.6) is 0 Å². The number of hydrogen-bond acceptors (Lipinski definition) is 5. The molecule has 9 heteroatoms. The topological polar surface area (TPSA) is 129 Å². The Balaban J connectivity index is 1.50. The number of rotatable bonds is 5. The standard InChI is InChI=1S/C20H16N6O3/c1-12-16(15-7-2-3-8-17(15)22-12)11-21-25-20(27)19-10-18(23-24-19)13-5-4-6-14(9-13)26(28)29/h2-11,22H,1H3,(H,23,24)(H,25,27)/b21-11+. The Bertz CT molecular complexity index is 1250. The minimum absolute atomic E-state index is 0.0461. The summed E-state index contributed by atoms with van der Waals surface area (Å²) in [5.74, 6) is -0.470. The maximum Gasteiger partial charge on any atom is 0.289 e. The molecule has 0 saturated heterocycles. The highest BCUT2D eigenvalue weighted by atomic mass is 16.6. The van der Waals surface area contributed by atoms with E-state index < -0.39 is 10.8 Å². The zero-order chi connectivity index (χ0) is 20.4. The fourth-order valence-electron chi connectivity index (χ4n) is 3.05. The highest BCUT2D eigenvalue weighted by Crippen LogP contribution is 2.23. The maximum atomic E-state index is 12.3. The third-order valence-corrected chi connectivity index (χ3v) is 4.48. The second kappa shape index (κ2) is 7.39. The van der Waals surface area contributed by atoms with E-state index in [1.165, 1.54) is 18.2 Å². The summed E-state index contributed by atoms with van der Waals surface area (Å²) in [4.78, 5) is 26.0. The molecule has 29 heavy (non-hydrogen) atoms. The largest absolute Gasteiger partial charge is 0.358 e. The zero-order valence-corrected chi connectivity index (χ0v) is 15.3. The number of fused-ring (bicyclic) bond motifs is 1. The molecule has 0 aliphatic rings. The number of H-pyrrole nitrogens is 2. The first kappa shape index (κ1) is 18.1. The first-order valence-electron chi connectivity index (χ1n) is 8.74. The molecule has 1 amide bonds. The van der Waals surface area contributed by atoms with Crippen LogP contribution in [0.25, 0.3) is 22.2 Å². The lowest BCUT2D eigenvalue weighted by atomic mass is 10.1. The van der Waals surface area contributed by atoms with Crippen LogP contribution in [0.2, 0.25) is 0 Å². The van der Waals surface area contributed by atoms with Crippen LogP contribution in [0.15, 0.2) is 59.7 Å². The number of hydrogen-bond donors (Lipinski definition) is 3. The average Bonchev–Trinajstić information content (AvgIpc) is 3.33. The number of carbonyl (C=O) groups is 1. The van der Waals surface area contributed by atoms with Gasteiger partial charge in [-0.2, -0.15) is 10.2 Å². The molecule has 2 heterocycles. The van der Waals surface area contributed by atoms with Crippen LogP contribution in [0.4, 0.5) is 5.69 Å². The van der Waals surface area contributed by atoms with Gasteiger partial charge in [0, 0.05) is 39.9 Å². The van der Waals surface area contributed by atoms with Crippen molar-refractivity contribution >= 4 is 28.7 Å². The smallest absolute Gasteiger partial charge is 0.289 e. The molecule has 0 radical (unpaired) electrons. The van der Waals surface area contributed by atoms with Gasteiger partial charge in [-0.25, -0.2) is 5.43 Å². The summed E-state index contributed by atoms with van der Waals surface area (Å²) in [5.41, 5.74) is 6.40. The Labute approximate surface area is 164 Å². The third kappa shape index (κ3) is 3.61. The predicted molar refractivity (Wildman–Crippen MR) is 109 cm³/mol. The van der Waals surface area contributed by atoms with Crippen LogP contribution < -0.4 is 5.43 Å². The van der Waals surface area contributed by atoms with E-state index in [-0.39, 0.29) is 11.4 Å². The van der Waals surface area contributed by atoms with Gasteiger partial charge < -0.3 is 4.98 Å². The van der Waals surface area contributed by atoms with Crippen molar-refractivity contribution in [2.24, 2.45) is 5.10 Å². The Morgan fingerprint density at radius 1 is 1.21 bits per heavy atom. The first-order chi connectivity index (χ1) is 14.0. The summed E-state index contributed by atoms with van der Waals surface area (Å²) < 4.78 is 0. The number of para-hydroxylation sites is 1. The Morgan fingerprint density at radius 2 is 2.03 bits per heavy atom. The van der Waals surface area contributed by atoms with E-state index in [1.807, 2.05) is 31.2 Å². The molecule has 0 saturated carbocycles. The van der Waals surface area contributed by atoms with Gasteiger partial charge in [-0.05, 0) is 19.1 Å². The zero-order valence-electron chi connectivity index (χ0n) is 15.3. The van der Waals surface area contributed by atoms with E-state index in [4.69, 9.17) is 0 Å². The lowest BCUT2D eigenvalue weighted by Crippen LogP contribution is -2.18. The summed E-state index contributed by atoms with van der Waals surface area (Å²) in [6, 6.07) is 15.4. The SMILES string of the molecule is Cc1[nH]c2ccccc2c1/C=N/NC(=O)c1cc(-c2cccc([N+](=O)[O-])c2)n[nH]1. The predicted octanol–water partition coefficient (Wildman–Crippen LogP) is 3.54.